The molecule has 0 aliphatic rings. The van der Waals surface area contributed by atoms with Gasteiger partial charge in [-0.25, -0.2) is 0 Å². The molecule has 0 atom stereocenters. The molecule has 78 valence electrons. The highest BCUT2D eigenvalue weighted by molar-refractivity contribution is 6.32. The number of hydrogen-bond acceptors (Lipinski definition) is 2. The molecular weight excluding hydrogens is 198 g/mol. The number of rotatable bonds is 3. The number of phenolic OH excluding ortho intramolecular Hbond substituents is 1. The fraction of sp³-hybridized carbons (Fsp3) is 0.455. The first-order valence-electron chi connectivity index (χ1n) is 4.70. The zero-order chi connectivity index (χ0) is 10.7. The van der Waals surface area contributed by atoms with Crippen LogP contribution in [0.1, 0.15) is 16.7 Å². The number of nitrogens with one attached hydrogen (secondary N) is 1. The maximum atomic E-state index is 9.74. The van der Waals surface area contributed by atoms with Crippen LogP contribution in [0.15, 0.2) is 6.07 Å². The van der Waals surface area contributed by atoms with Crippen LogP contribution in [0.4, 0.5) is 0 Å². The van der Waals surface area contributed by atoms with E-state index in [1.54, 1.807) is 6.07 Å². The van der Waals surface area contributed by atoms with E-state index in [2.05, 4.69) is 5.32 Å². The standard InChI is InChI=1S/C11H16ClNO/c1-7-6-10(14)9(4-5-13-3)8(2)11(7)12/h6,13-14H,4-5H2,1-3H3. The number of aryl methyl sites for hydroxylation is 1. The summed E-state index contributed by atoms with van der Waals surface area (Å²) >= 11 is 6.10. The molecule has 0 saturated carbocycles. The van der Waals surface area contributed by atoms with E-state index in [4.69, 9.17) is 11.6 Å². The molecule has 0 bridgehead atoms. The summed E-state index contributed by atoms with van der Waals surface area (Å²) in [5, 5.41) is 13.5. The summed E-state index contributed by atoms with van der Waals surface area (Å²) in [5.41, 5.74) is 2.85. The summed E-state index contributed by atoms with van der Waals surface area (Å²) in [5.74, 6) is 0.347. The van der Waals surface area contributed by atoms with Crippen LogP contribution in [0.5, 0.6) is 5.75 Å². The van der Waals surface area contributed by atoms with Crippen LogP contribution in [0.2, 0.25) is 5.02 Å². The van der Waals surface area contributed by atoms with Gasteiger partial charge in [0.25, 0.3) is 0 Å². The van der Waals surface area contributed by atoms with E-state index in [-0.39, 0.29) is 0 Å². The first kappa shape index (κ1) is 11.3. The minimum atomic E-state index is 0.347. The van der Waals surface area contributed by atoms with Crippen molar-refractivity contribution in [2.45, 2.75) is 20.3 Å². The Kier molecular flexibility index (Phi) is 3.78. The van der Waals surface area contributed by atoms with Gasteiger partial charge in [0.2, 0.25) is 0 Å². The maximum Gasteiger partial charge on any atom is 0.119 e. The summed E-state index contributed by atoms with van der Waals surface area (Å²) < 4.78 is 0. The fourth-order valence-electron chi connectivity index (χ4n) is 1.54. The normalized spacial score (nSPS) is 10.6. The van der Waals surface area contributed by atoms with Crippen molar-refractivity contribution < 1.29 is 5.11 Å². The Balaban J connectivity index is 3.09. The monoisotopic (exact) mass is 213 g/mol. The Morgan fingerprint density at radius 3 is 2.64 bits per heavy atom. The lowest BCUT2D eigenvalue weighted by Crippen LogP contribution is -2.11. The Labute approximate surface area is 89.9 Å². The lowest BCUT2D eigenvalue weighted by Gasteiger charge is -2.12. The second-order valence-electron chi connectivity index (χ2n) is 3.48. The van der Waals surface area contributed by atoms with Crippen LogP contribution in [0.25, 0.3) is 0 Å². The van der Waals surface area contributed by atoms with E-state index in [1.807, 2.05) is 20.9 Å². The minimum Gasteiger partial charge on any atom is -0.508 e. The zero-order valence-corrected chi connectivity index (χ0v) is 9.57. The molecule has 1 aromatic carbocycles. The van der Waals surface area contributed by atoms with Gasteiger partial charge in [0.1, 0.15) is 5.75 Å². The molecule has 2 nitrogen and oxygen atoms in total. The molecule has 3 heteroatoms. The van der Waals surface area contributed by atoms with Crippen molar-refractivity contribution in [1.82, 2.24) is 5.32 Å². The number of likely N-dealkylation sites (N-methyl/N-ethyl adjacent to an activating group) is 1. The molecule has 0 radical (unpaired) electrons. The van der Waals surface area contributed by atoms with E-state index in [0.29, 0.717) is 5.75 Å². The zero-order valence-electron chi connectivity index (χ0n) is 8.82. The van der Waals surface area contributed by atoms with Gasteiger partial charge in [-0.1, -0.05) is 11.6 Å². The summed E-state index contributed by atoms with van der Waals surface area (Å²) in [7, 11) is 1.89. The van der Waals surface area contributed by atoms with Gasteiger partial charge < -0.3 is 10.4 Å². The van der Waals surface area contributed by atoms with E-state index >= 15 is 0 Å². The lowest BCUT2D eigenvalue weighted by atomic mass is 10.0. The topological polar surface area (TPSA) is 32.3 Å². The SMILES string of the molecule is CNCCc1c(O)cc(C)c(Cl)c1C. The van der Waals surface area contributed by atoms with Crippen molar-refractivity contribution >= 4 is 11.6 Å². The van der Waals surface area contributed by atoms with Crippen molar-refractivity contribution in [2.75, 3.05) is 13.6 Å². The van der Waals surface area contributed by atoms with Gasteiger partial charge in [0.05, 0.1) is 0 Å². The Bertz CT molecular complexity index is 337. The van der Waals surface area contributed by atoms with Crippen LogP contribution < -0.4 is 5.32 Å². The minimum absolute atomic E-state index is 0.347. The van der Waals surface area contributed by atoms with Gasteiger partial charge in [0.15, 0.2) is 0 Å². The third kappa shape index (κ3) is 2.20. The summed E-state index contributed by atoms with van der Waals surface area (Å²) in [4.78, 5) is 0. The van der Waals surface area contributed by atoms with Crippen LogP contribution in [0.3, 0.4) is 0 Å². The molecule has 0 saturated heterocycles. The number of hydrogen-bond donors (Lipinski definition) is 2. The lowest BCUT2D eigenvalue weighted by molar-refractivity contribution is 0.466. The first-order chi connectivity index (χ1) is 6.57. The summed E-state index contributed by atoms with van der Waals surface area (Å²) in [6.45, 7) is 4.69. The molecule has 14 heavy (non-hydrogen) atoms. The summed E-state index contributed by atoms with van der Waals surface area (Å²) in [6.07, 6.45) is 0.800. The summed E-state index contributed by atoms with van der Waals surface area (Å²) in [6, 6.07) is 1.72. The Morgan fingerprint density at radius 2 is 2.07 bits per heavy atom. The first-order valence-corrected chi connectivity index (χ1v) is 5.08. The maximum absolute atomic E-state index is 9.74. The van der Waals surface area contributed by atoms with Crippen molar-refractivity contribution in [3.63, 3.8) is 0 Å². The highest BCUT2D eigenvalue weighted by Crippen LogP contribution is 2.30. The molecule has 1 rings (SSSR count). The molecule has 0 aliphatic heterocycles. The molecule has 0 heterocycles. The van der Waals surface area contributed by atoms with Crippen molar-refractivity contribution in [3.05, 3.63) is 27.8 Å². The fourth-order valence-corrected chi connectivity index (χ4v) is 1.71. The number of benzene rings is 1. The predicted octanol–water partition coefficient (Wildman–Crippen LogP) is 2.42. The predicted molar refractivity (Wildman–Crippen MR) is 60.2 cm³/mol. The van der Waals surface area contributed by atoms with Crippen LogP contribution >= 0.6 is 11.6 Å². The van der Waals surface area contributed by atoms with Crippen LogP contribution in [0, 0.1) is 13.8 Å². The number of aromatic hydroxyl groups is 1. The molecule has 0 spiro atoms. The Hall–Kier alpha value is -0.730. The third-order valence-corrected chi connectivity index (χ3v) is 3.00. The van der Waals surface area contributed by atoms with Gasteiger partial charge in [-0.2, -0.15) is 0 Å². The Morgan fingerprint density at radius 1 is 1.43 bits per heavy atom. The molecular formula is C11H16ClNO. The molecule has 2 N–H and O–H groups in total. The molecule has 0 amide bonds. The smallest absolute Gasteiger partial charge is 0.119 e. The molecule has 0 fully saturated rings. The van der Waals surface area contributed by atoms with Gasteiger partial charge in [0, 0.05) is 5.02 Å². The van der Waals surface area contributed by atoms with Gasteiger partial charge in [-0.15, -0.1) is 0 Å². The molecule has 0 aliphatic carbocycles. The van der Waals surface area contributed by atoms with E-state index < -0.39 is 0 Å². The largest absolute Gasteiger partial charge is 0.508 e. The third-order valence-electron chi connectivity index (χ3n) is 2.42. The second kappa shape index (κ2) is 4.67. The second-order valence-corrected chi connectivity index (χ2v) is 3.86. The van der Waals surface area contributed by atoms with Gasteiger partial charge in [-0.05, 0) is 56.6 Å². The molecule has 0 unspecified atom stereocenters. The average molecular weight is 214 g/mol. The van der Waals surface area contributed by atoms with Crippen molar-refractivity contribution in [2.24, 2.45) is 0 Å². The van der Waals surface area contributed by atoms with Crippen molar-refractivity contribution in [1.29, 1.82) is 0 Å². The quantitative estimate of drug-likeness (QED) is 0.809. The van der Waals surface area contributed by atoms with Crippen LogP contribution in [-0.4, -0.2) is 18.7 Å². The van der Waals surface area contributed by atoms with E-state index in [1.165, 1.54) is 0 Å². The van der Waals surface area contributed by atoms with Gasteiger partial charge in [-0.3, -0.25) is 0 Å². The van der Waals surface area contributed by atoms with Gasteiger partial charge >= 0.3 is 0 Å². The molecule has 1 aromatic rings. The highest BCUT2D eigenvalue weighted by atomic mass is 35.5. The number of phenols is 1. The highest BCUT2D eigenvalue weighted by Gasteiger charge is 2.10. The van der Waals surface area contributed by atoms with E-state index in [0.717, 1.165) is 34.7 Å². The van der Waals surface area contributed by atoms with Crippen LogP contribution in [-0.2, 0) is 6.42 Å². The van der Waals surface area contributed by atoms with Crippen molar-refractivity contribution in [3.8, 4) is 5.75 Å². The number of halogens is 1. The van der Waals surface area contributed by atoms with E-state index in [9.17, 15) is 5.11 Å². The average Bonchev–Trinajstić information content (AvgIpc) is 2.14. The molecule has 0 aromatic heterocycles.